The summed E-state index contributed by atoms with van der Waals surface area (Å²) in [5.41, 5.74) is 6.57. The number of nitro groups is 1. The Morgan fingerprint density at radius 2 is 1.26 bits per heavy atom. The smallest absolute Gasteiger partial charge is 0.343 e. The van der Waals surface area contributed by atoms with Crippen LogP contribution >= 0.6 is 0 Å². The van der Waals surface area contributed by atoms with E-state index in [2.05, 4.69) is 13.5 Å². The number of nitrogen functional groups attached to an aromatic ring is 1. The molecule has 16 heteroatoms. The third-order valence-electron chi connectivity index (χ3n) is 10.2. The molecule has 0 aliphatic heterocycles. The molecule has 0 amide bonds. The van der Waals surface area contributed by atoms with Crippen molar-refractivity contribution in [3.05, 3.63) is 160 Å². The average molecular weight is 933 g/mol. The second-order valence-corrected chi connectivity index (χ2v) is 15.3. The zero-order chi connectivity index (χ0) is 49.3. The van der Waals surface area contributed by atoms with Crippen LogP contribution in [0.15, 0.2) is 122 Å². The van der Waals surface area contributed by atoms with E-state index in [1.807, 2.05) is 30.3 Å². The molecule has 0 aliphatic carbocycles. The van der Waals surface area contributed by atoms with Crippen LogP contribution in [0.4, 0.5) is 11.4 Å². The Balaban J connectivity index is 0.000000469. The SMILES string of the molecule is C=CC(=O)OCCCCCCOc1ccccc1.CCCCCCCCOc1cc([N+](=O)[O-])c(-c2ccc(C(=O)Oc3ccc(COC(=O)c4cc(C(=O)O)ccc4C(=O)O)cc3)cc2)cc1N. The second-order valence-electron chi connectivity index (χ2n) is 15.3. The molecule has 0 aliphatic rings. The summed E-state index contributed by atoms with van der Waals surface area (Å²) in [6, 6.07) is 27.6. The Morgan fingerprint density at radius 1 is 0.647 bits per heavy atom. The molecule has 5 aromatic rings. The highest BCUT2D eigenvalue weighted by atomic mass is 16.6. The van der Waals surface area contributed by atoms with Gasteiger partial charge in [-0.15, -0.1) is 0 Å². The van der Waals surface area contributed by atoms with Gasteiger partial charge in [0, 0.05) is 6.08 Å². The zero-order valence-electron chi connectivity index (χ0n) is 37.9. The normalized spacial score (nSPS) is 10.4. The van der Waals surface area contributed by atoms with Crippen LogP contribution < -0.4 is 19.9 Å². The Kier molecular flexibility index (Phi) is 21.8. The molecule has 5 aromatic carbocycles. The van der Waals surface area contributed by atoms with Crippen LogP contribution in [0.25, 0.3) is 11.1 Å². The van der Waals surface area contributed by atoms with Gasteiger partial charge in [0.1, 0.15) is 23.9 Å². The number of esters is 3. The number of nitrogens with two attached hydrogens (primary N) is 1. The van der Waals surface area contributed by atoms with E-state index < -0.39 is 39.9 Å². The van der Waals surface area contributed by atoms with Crippen molar-refractivity contribution < 1.29 is 62.8 Å². The summed E-state index contributed by atoms with van der Waals surface area (Å²) in [6.45, 7) is 6.83. The molecular formula is C52H56N2O14. The van der Waals surface area contributed by atoms with Crippen LogP contribution in [-0.4, -0.2) is 64.8 Å². The minimum absolute atomic E-state index is 0.177. The molecule has 0 heterocycles. The van der Waals surface area contributed by atoms with Crippen molar-refractivity contribution in [1.82, 2.24) is 0 Å². The van der Waals surface area contributed by atoms with Crippen molar-refractivity contribution in [2.45, 2.75) is 77.7 Å². The quantitative estimate of drug-likeness (QED) is 0.00888. The van der Waals surface area contributed by atoms with Crippen LogP contribution in [0.3, 0.4) is 0 Å². The number of aromatic carboxylic acids is 2. The van der Waals surface area contributed by atoms with E-state index in [1.54, 1.807) is 12.1 Å². The molecule has 0 atom stereocenters. The van der Waals surface area contributed by atoms with E-state index in [1.165, 1.54) is 67.4 Å². The number of nitrogens with zero attached hydrogens (tertiary/aromatic N) is 1. The molecule has 0 unspecified atom stereocenters. The predicted molar refractivity (Wildman–Crippen MR) is 254 cm³/mol. The standard InChI is InChI=1S/C37H36N2O11.C15H20O3/c1-2-3-4-5-6-7-18-48-33-21-32(39(46)47)29(20-31(33)38)24-10-12-25(13-11-24)36(44)50-27-15-8-23(9-16-27)22-49-37(45)30-19-26(34(40)41)14-17-28(30)35(42)43;1-2-15(16)18-13-9-4-3-8-12-17-14-10-6-5-7-11-14/h8-17,19-21H,2-7,18,22,38H2,1H3,(H,40,41)(H,42,43);2,5-7,10-11H,1,3-4,8-9,12-13H2. The lowest BCUT2D eigenvalue weighted by Gasteiger charge is -2.12. The van der Waals surface area contributed by atoms with Crippen LogP contribution in [0.1, 0.15) is 118 Å². The second kappa shape index (κ2) is 28.1. The number of carbonyl (C=O) groups is 5. The fourth-order valence-electron chi connectivity index (χ4n) is 6.52. The van der Waals surface area contributed by atoms with Crippen LogP contribution in [0.2, 0.25) is 0 Å². The lowest BCUT2D eigenvalue weighted by atomic mass is 10.0. The molecule has 16 nitrogen and oxygen atoms in total. The molecule has 0 radical (unpaired) electrons. The van der Waals surface area contributed by atoms with Crippen molar-refractivity contribution in [3.8, 4) is 28.4 Å². The summed E-state index contributed by atoms with van der Waals surface area (Å²) in [4.78, 5) is 70.3. The van der Waals surface area contributed by atoms with Crippen molar-refractivity contribution in [1.29, 1.82) is 0 Å². The first-order valence-electron chi connectivity index (χ1n) is 22.2. The summed E-state index contributed by atoms with van der Waals surface area (Å²) in [7, 11) is 0. The molecule has 68 heavy (non-hydrogen) atoms. The maximum absolute atomic E-state index is 12.8. The van der Waals surface area contributed by atoms with Gasteiger partial charge >= 0.3 is 29.8 Å². The van der Waals surface area contributed by atoms with Gasteiger partial charge in [-0.1, -0.05) is 88.1 Å². The van der Waals surface area contributed by atoms with Gasteiger partial charge in [0.25, 0.3) is 5.69 Å². The third-order valence-corrected chi connectivity index (χ3v) is 10.2. The summed E-state index contributed by atoms with van der Waals surface area (Å²) >= 11 is 0. The fourth-order valence-corrected chi connectivity index (χ4v) is 6.52. The van der Waals surface area contributed by atoms with Crippen molar-refractivity contribution in [2.24, 2.45) is 0 Å². The molecule has 0 fully saturated rings. The molecule has 0 saturated carbocycles. The molecule has 5 rings (SSSR count). The molecular weight excluding hydrogens is 877 g/mol. The first kappa shape index (κ1) is 52.6. The average Bonchev–Trinajstić information content (AvgIpc) is 3.34. The van der Waals surface area contributed by atoms with E-state index in [0.29, 0.717) is 24.3 Å². The first-order chi connectivity index (χ1) is 32.8. The van der Waals surface area contributed by atoms with Gasteiger partial charge in [-0.25, -0.2) is 24.0 Å². The van der Waals surface area contributed by atoms with E-state index >= 15 is 0 Å². The summed E-state index contributed by atoms with van der Waals surface area (Å²) in [5.74, 6) is -3.47. The van der Waals surface area contributed by atoms with Crippen molar-refractivity contribution in [3.63, 3.8) is 0 Å². The van der Waals surface area contributed by atoms with E-state index in [4.69, 9.17) is 29.4 Å². The van der Waals surface area contributed by atoms with Gasteiger partial charge in [-0.2, -0.15) is 0 Å². The number of ether oxygens (including phenoxy) is 5. The van der Waals surface area contributed by atoms with E-state index in [-0.39, 0.29) is 52.1 Å². The number of carboxylic acid groups (broad SMARTS) is 2. The molecule has 358 valence electrons. The van der Waals surface area contributed by atoms with E-state index in [0.717, 1.165) is 81.9 Å². The van der Waals surface area contributed by atoms with Gasteiger partial charge in [-0.3, -0.25) is 10.1 Å². The molecule has 0 aromatic heterocycles. The number of benzene rings is 5. The van der Waals surface area contributed by atoms with E-state index in [9.17, 15) is 44.3 Å². The Hall–Kier alpha value is -8.01. The maximum atomic E-state index is 12.8. The van der Waals surface area contributed by atoms with Gasteiger partial charge < -0.3 is 39.6 Å². The number of para-hydroxylation sites is 1. The summed E-state index contributed by atoms with van der Waals surface area (Å²) in [5, 5.41) is 30.4. The van der Waals surface area contributed by atoms with Crippen LogP contribution in [0.5, 0.6) is 17.2 Å². The van der Waals surface area contributed by atoms with Crippen LogP contribution in [-0.2, 0) is 20.9 Å². The summed E-state index contributed by atoms with van der Waals surface area (Å²) in [6.07, 6.45) is 11.7. The number of anilines is 1. The number of rotatable bonds is 26. The lowest BCUT2D eigenvalue weighted by Crippen LogP contribution is -2.13. The number of unbranched alkanes of at least 4 members (excludes halogenated alkanes) is 8. The molecule has 0 bridgehead atoms. The minimum Gasteiger partial charge on any atom is -0.494 e. The molecule has 0 spiro atoms. The van der Waals surface area contributed by atoms with Crippen molar-refractivity contribution >= 4 is 41.2 Å². The number of nitro benzene ring substituents is 1. The molecule has 0 saturated heterocycles. The predicted octanol–water partition coefficient (Wildman–Crippen LogP) is 10.9. The maximum Gasteiger partial charge on any atom is 0.343 e. The van der Waals surface area contributed by atoms with Gasteiger partial charge in [0.05, 0.1) is 64.3 Å². The largest absolute Gasteiger partial charge is 0.494 e. The number of carboxylic acids is 2. The highest BCUT2D eigenvalue weighted by Gasteiger charge is 2.22. The monoisotopic (exact) mass is 932 g/mol. The Morgan fingerprint density at radius 3 is 1.88 bits per heavy atom. The topological polar surface area (TPSA) is 241 Å². The van der Waals surface area contributed by atoms with Crippen molar-refractivity contribution in [2.75, 3.05) is 25.6 Å². The first-order valence-corrected chi connectivity index (χ1v) is 22.2. The lowest BCUT2D eigenvalue weighted by molar-refractivity contribution is -0.384. The van der Waals surface area contributed by atoms with Gasteiger partial charge in [0.15, 0.2) is 0 Å². The number of hydrogen-bond acceptors (Lipinski definition) is 13. The highest BCUT2D eigenvalue weighted by Crippen LogP contribution is 2.38. The van der Waals surface area contributed by atoms with Gasteiger partial charge in [0.2, 0.25) is 0 Å². The summed E-state index contributed by atoms with van der Waals surface area (Å²) < 4.78 is 26.8. The number of hydrogen-bond donors (Lipinski definition) is 3. The Bertz CT molecular complexity index is 2470. The number of carbonyl (C=O) groups excluding carboxylic acids is 3. The zero-order valence-corrected chi connectivity index (χ0v) is 37.9. The third kappa shape index (κ3) is 17.4. The Labute approximate surface area is 394 Å². The minimum atomic E-state index is -1.42. The highest BCUT2D eigenvalue weighted by molar-refractivity contribution is 6.04. The fraction of sp³-hybridized carbons (Fsp3) is 0.288. The van der Waals surface area contributed by atoms with Gasteiger partial charge in [-0.05, 0) is 104 Å². The van der Waals surface area contributed by atoms with Crippen LogP contribution in [0, 0.1) is 10.1 Å². The molecule has 4 N–H and O–H groups in total.